The number of ketones is 1. The maximum absolute atomic E-state index is 12.5. The van der Waals surface area contributed by atoms with Crippen molar-refractivity contribution in [2.75, 3.05) is 6.61 Å². The summed E-state index contributed by atoms with van der Waals surface area (Å²) in [4.78, 5) is 39.8. The molecule has 0 unspecified atom stereocenters. The molecule has 6 heteroatoms. The minimum Gasteiger partial charge on any atom is -0.453 e. The first-order valence-electron chi connectivity index (χ1n) is 8.91. The van der Waals surface area contributed by atoms with E-state index < -0.39 is 5.97 Å². The van der Waals surface area contributed by atoms with Gasteiger partial charge in [-0.3, -0.25) is 9.59 Å². The number of carbonyl (C=O) groups is 2. The van der Waals surface area contributed by atoms with Crippen LogP contribution < -0.4 is 5.43 Å². The van der Waals surface area contributed by atoms with E-state index in [0.29, 0.717) is 16.5 Å². The highest BCUT2D eigenvalue weighted by atomic mass is 16.5. The lowest BCUT2D eigenvalue weighted by Crippen LogP contribution is -2.17. The maximum Gasteiger partial charge on any atom is 0.355 e. The predicted octanol–water partition coefficient (Wildman–Crippen LogP) is 3.40. The molecule has 0 fully saturated rings. The number of hydrogen-bond acceptors (Lipinski definition) is 4. The Hall–Kier alpha value is -3.15. The highest BCUT2D eigenvalue weighted by Gasteiger charge is 2.18. The van der Waals surface area contributed by atoms with E-state index in [-0.39, 0.29) is 23.5 Å². The number of ether oxygens (including phenoxy) is 1. The Kier molecular flexibility index (Phi) is 5.26. The number of esters is 1. The Morgan fingerprint density at radius 2 is 1.89 bits per heavy atom. The lowest BCUT2D eigenvalue weighted by Gasteiger charge is -2.08. The van der Waals surface area contributed by atoms with E-state index in [4.69, 9.17) is 4.74 Å². The summed E-state index contributed by atoms with van der Waals surface area (Å²) in [5, 5.41) is 0.494. The van der Waals surface area contributed by atoms with Crippen LogP contribution in [0.4, 0.5) is 0 Å². The number of nitrogens with zero attached hydrogens (tertiary/aromatic N) is 1. The Morgan fingerprint density at radius 1 is 1.15 bits per heavy atom. The number of hydrogen-bond donors (Lipinski definition) is 1. The Bertz CT molecular complexity index is 1080. The summed E-state index contributed by atoms with van der Waals surface area (Å²) in [6, 6.07) is 9.92. The first kappa shape index (κ1) is 18.6. The van der Waals surface area contributed by atoms with E-state index in [2.05, 4.69) is 16.5 Å². The van der Waals surface area contributed by atoms with E-state index in [1.807, 2.05) is 19.9 Å². The number of aromatic amines is 1. The first-order valence-corrected chi connectivity index (χ1v) is 8.91. The second kappa shape index (κ2) is 7.61. The minimum absolute atomic E-state index is 0.0305. The topological polar surface area (TPSA) is 81.2 Å². The van der Waals surface area contributed by atoms with Gasteiger partial charge in [0.05, 0.1) is 0 Å². The maximum atomic E-state index is 12.5. The van der Waals surface area contributed by atoms with Crippen LogP contribution in [0.3, 0.4) is 0 Å². The lowest BCUT2D eigenvalue weighted by molar-refractivity contribution is 0.0469. The van der Waals surface area contributed by atoms with Crippen LogP contribution >= 0.6 is 0 Å². The number of pyridine rings is 1. The molecule has 1 aromatic carbocycles. The summed E-state index contributed by atoms with van der Waals surface area (Å²) < 4.78 is 7.22. The molecular formula is C21H22N2O4. The van der Waals surface area contributed by atoms with Gasteiger partial charge in [-0.2, -0.15) is 0 Å². The molecule has 27 heavy (non-hydrogen) atoms. The van der Waals surface area contributed by atoms with Gasteiger partial charge in [0.2, 0.25) is 5.78 Å². The molecule has 0 aliphatic carbocycles. The highest BCUT2D eigenvalue weighted by Crippen LogP contribution is 2.17. The van der Waals surface area contributed by atoms with Crippen LogP contribution in [0.1, 0.15) is 45.6 Å². The molecule has 6 nitrogen and oxygen atoms in total. The average molecular weight is 366 g/mol. The third-order valence-corrected chi connectivity index (χ3v) is 4.61. The zero-order valence-corrected chi connectivity index (χ0v) is 15.7. The van der Waals surface area contributed by atoms with Crippen molar-refractivity contribution < 1.29 is 14.3 Å². The zero-order valence-electron chi connectivity index (χ0n) is 15.7. The van der Waals surface area contributed by atoms with Gasteiger partial charge in [0.25, 0.3) is 0 Å². The first-order chi connectivity index (χ1) is 12.9. The summed E-state index contributed by atoms with van der Waals surface area (Å²) in [7, 11) is 0. The van der Waals surface area contributed by atoms with E-state index in [0.717, 1.165) is 24.4 Å². The van der Waals surface area contributed by atoms with Crippen LogP contribution in [-0.2, 0) is 11.3 Å². The van der Waals surface area contributed by atoms with Crippen LogP contribution in [0.5, 0.6) is 0 Å². The normalized spacial score (nSPS) is 10.9. The number of para-hydroxylation sites is 1. The number of Topliss-reactive ketones (excluding diaryl/α,β-unsaturated/α-hetero) is 1. The van der Waals surface area contributed by atoms with Gasteiger partial charge >= 0.3 is 5.97 Å². The van der Waals surface area contributed by atoms with Crippen LogP contribution in [-0.4, -0.2) is 27.9 Å². The van der Waals surface area contributed by atoms with Crippen LogP contribution in [0, 0.1) is 13.8 Å². The molecule has 3 aromatic rings. The SMILES string of the molecule is CCCn1c(C)cc(C(=O)COC(=O)c2cc(=O)c3ccccc3[nH]2)c1C. The predicted molar refractivity (Wildman–Crippen MR) is 103 cm³/mol. The Labute approximate surface area is 156 Å². The van der Waals surface area contributed by atoms with Crippen molar-refractivity contribution in [3.05, 3.63) is 69.3 Å². The monoisotopic (exact) mass is 366 g/mol. The fraction of sp³-hybridized carbons (Fsp3) is 0.286. The Balaban J connectivity index is 1.75. The number of benzene rings is 1. The van der Waals surface area contributed by atoms with E-state index in [9.17, 15) is 14.4 Å². The lowest BCUT2D eigenvalue weighted by atomic mass is 10.1. The standard InChI is InChI=1S/C21H22N2O4/c1-4-9-23-13(2)10-16(14(23)3)20(25)12-27-21(26)18-11-19(24)15-7-5-6-8-17(15)22-18/h5-8,10-11H,4,9,12H2,1-3H3,(H,22,24). The van der Waals surface area contributed by atoms with Crippen LogP contribution in [0.15, 0.2) is 41.2 Å². The van der Waals surface area contributed by atoms with Crippen LogP contribution in [0.2, 0.25) is 0 Å². The zero-order chi connectivity index (χ0) is 19.6. The van der Waals surface area contributed by atoms with Gasteiger partial charge in [-0.25, -0.2) is 4.79 Å². The van der Waals surface area contributed by atoms with Gasteiger partial charge in [-0.05, 0) is 38.5 Å². The smallest absolute Gasteiger partial charge is 0.355 e. The third-order valence-electron chi connectivity index (χ3n) is 4.61. The van der Waals surface area contributed by atoms with Crippen molar-refractivity contribution in [1.29, 1.82) is 0 Å². The van der Waals surface area contributed by atoms with E-state index in [1.54, 1.807) is 24.3 Å². The summed E-state index contributed by atoms with van der Waals surface area (Å²) in [5.74, 6) is -0.990. The number of fused-ring (bicyclic) bond motifs is 1. The van der Waals surface area contributed by atoms with Gasteiger partial charge in [0.15, 0.2) is 12.0 Å². The third kappa shape index (κ3) is 3.69. The molecule has 2 heterocycles. The van der Waals surface area contributed by atoms with Crippen molar-refractivity contribution in [2.45, 2.75) is 33.7 Å². The Morgan fingerprint density at radius 3 is 2.63 bits per heavy atom. The van der Waals surface area contributed by atoms with Crippen molar-refractivity contribution in [2.24, 2.45) is 0 Å². The van der Waals surface area contributed by atoms with Gasteiger partial charge < -0.3 is 14.3 Å². The summed E-state index contributed by atoms with van der Waals surface area (Å²) >= 11 is 0. The van der Waals surface area contributed by atoms with Crippen molar-refractivity contribution in [3.63, 3.8) is 0 Å². The molecule has 0 radical (unpaired) electrons. The molecule has 3 rings (SSSR count). The molecule has 0 aliphatic heterocycles. The molecular weight excluding hydrogens is 344 g/mol. The van der Waals surface area contributed by atoms with E-state index >= 15 is 0 Å². The van der Waals surface area contributed by atoms with Gasteiger partial charge in [0.1, 0.15) is 5.69 Å². The second-order valence-electron chi connectivity index (χ2n) is 6.53. The number of aromatic nitrogens is 2. The highest BCUT2D eigenvalue weighted by molar-refractivity contribution is 6.00. The summed E-state index contributed by atoms with van der Waals surface area (Å²) in [6.45, 7) is 6.38. The molecule has 140 valence electrons. The van der Waals surface area contributed by atoms with Gasteiger partial charge in [0, 0.05) is 40.5 Å². The molecule has 0 bridgehead atoms. The number of H-pyrrole nitrogens is 1. The van der Waals surface area contributed by atoms with Crippen molar-refractivity contribution in [1.82, 2.24) is 9.55 Å². The summed E-state index contributed by atoms with van der Waals surface area (Å²) in [6.07, 6.45) is 0.967. The van der Waals surface area contributed by atoms with Crippen molar-refractivity contribution >= 4 is 22.7 Å². The van der Waals surface area contributed by atoms with Gasteiger partial charge in [-0.1, -0.05) is 19.1 Å². The number of carbonyl (C=O) groups excluding carboxylic acids is 2. The molecule has 0 amide bonds. The fourth-order valence-corrected chi connectivity index (χ4v) is 3.24. The molecule has 0 aliphatic rings. The quantitative estimate of drug-likeness (QED) is 0.535. The van der Waals surface area contributed by atoms with E-state index in [1.165, 1.54) is 6.07 Å². The molecule has 0 atom stereocenters. The summed E-state index contributed by atoms with van der Waals surface area (Å²) in [5.41, 5.74) is 2.73. The number of nitrogens with one attached hydrogen (secondary N) is 1. The number of aryl methyl sites for hydroxylation is 1. The largest absolute Gasteiger partial charge is 0.453 e. The molecule has 1 N–H and O–H groups in total. The molecule has 2 aromatic heterocycles. The molecule has 0 spiro atoms. The van der Waals surface area contributed by atoms with Crippen molar-refractivity contribution in [3.8, 4) is 0 Å². The minimum atomic E-state index is -0.728. The van der Waals surface area contributed by atoms with Gasteiger partial charge in [-0.15, -0.1) is 0 Å². The second-order valence-corrected chi connectivity index (χ2v) is 6.53. The molecule has 0 saturated heterocycles. The molecule has 0 saturated carbocycles. The fourth-order valence-electron chi connectivity index (χ4n) is 3.24. The average Bonchev–Trinajstić information content (AvgIpc) is 2.94. The number of rotatable bonds is 6. The van der Waals surface area contributed by atoms with Crippen LogP contribution in [0.25, 0.3) is 10.9 Å².